The average Bonchev–Trinajstić information content (AvgIpc) is 3.19. The summed E-state index contributed by atoms with van der Waals surface area (Å²) in [7, 11) is 0. The van der Waals surface area contributed by atoms with Crippen LogP contribution in [-0.2, 0) is 14.4 Å². The number of halogens is 7. The lowest BCUT2D eigenvalue weighted by Crippen LogP contribution is -2.33. The fraction of sp³-hybridized carbons (Fsp3) is 0.286. The van der Waals surface area contributed by atoms with Crippen LogP contribution in [0, 0.1) is 5.82 Å². The van der Waals surface area contributed by atoms with Gasteiger partial charge in [-0.1, -0.05) is 0 Å². The highest BCUT2D eigenvalue weighted by Crippen LogP contribution is 2.29. The first-order valence-corrected chi connectivity index (χ1v) is 13.1. The van der Waals surface area contributed by atoms with Gasteiger partial charge in [0.2, 0.25) is 5.91 Å². The lowest BCUT2D eigenvalue weighted by atomic mass is 10.2. The van der Waals surface area contributed by atoms with Crippen LogP contribution in [0.1, 0.15) is 13.3 Å². The van der Waals surface area contributed by atoms with Crippen LogP contribution in [0.5, 0.6) is 0 Å². The summed E-state index contributed by atoms with van der Waals surface area (Å²) in [5.74, 6) is -4.09. The molecule has 2 N–H and O–H groups in total. The highest BCUT2D eigenvalue weighted by Gasteiger charge is 2.38. The number of carboxylic acid groups (broad SMARTS) is 2. The van der Waals surface area contributed by atoms with E-state index >= 15 is 0 Å². The number of rotatable bonds is 3. The first kappa shape index (κ1) is 35.2. The zero-order valence-corrected chi connectivity index (χ0v) is 23.8. The van der Waals surface area contributed by atoms with E-state index in [9.17, 15) is 35.5 Å². The summed E-state index contributed by atoms with van der Waals surface area (Å²) >= 11 is 0. The lowest BCUT2D eigenvalue weighted by molar-refractivity contribution is -0.193. The van der Waals surface area contributed by atoms with Gasteiger partial charge in [-0.3, -0.25) is 14.3 Å². The van der Waals surface area contributed by atoms with Gasteiger partial charge in [0.05, 0.1) is 17.2 Å². The Balaban J connectivity index is 0.000000345. The van der Waals surface area contributed by atoms with Gasteiger partial charge >= 0.3 is 24.3 Å². The lowest BCUT2D eigenvalue weighted by Gasteiger charge is -2.22. The number of anilines is 1. The molecule has 0 bridgehead atoms. The first-order valence-electron chi connectivity index (χ1n) is 13.1. The molecule has 4 aromatic rings. The highest BCUT2D eigenvalue weighted by atomic mass is 19.4. The molecule has 0 radical (unpaired) electrons. The van der Waals surface area contributed by atoms with E-state index < -0.39 is 24.3 Å². The Labute approximate surface area is 255 Å². The number of carbonyl (C=O) groups excluding carboxylic acids is 1. The van der Waals surface area contributed by atoms with Gasteiger partial charge in [-0.15, -0.1) is 0 Å². The summed E-state index contributed by atoms with van der Waals surface area (Å²) < 4.78 is 79.0. The normalized spacial score (nSPS) is 13.6. The van der Waals surface area contributed by atoms with Crippen LogP contribution < -0.4 is 4.90 Å². The number of aromatic nitrogens is 4. The van der Waals surface area contributed by atoms with Crippen molar-refractivity contribution in [1.82, 2.24) is 24.4 Å². The molecule has 3 aromatic heterocycles. The standard InChI is InChI=1S/C24H23FN6O.2C2HF3O2/c1-17(32)29-11-2-12-30(14-13-29)23-8-3-18(15-27-23)24-28-21-9-10-26-16-22(21)31(24)20-6-4-19(25)5-7-20;2*3-2(4,5)1(6)7/h3-10,15-16H,2,11-14H2,1H3;2*(H,6,7). The van der Waals surface area contributed by atoms with Crippen molar-refractivity contribution >= 4 is 34.7 Å². The zero-order valence-electron chi connectivity index (χ0n) is 23.8. The van der Waals surface area contributed by atoms with Gasteiger partial charge < -0.3 is 20.0 Å². The molecule has 1 aliphatic heterocycles. The molecule has 0 spiro atoms. The van der Waals surface area contributed by atoms with Crippen molar-refractivity contribution in [3.05, 3.63) is 66.9 Å². The second-order valence-electron chi connectivity index (χ2n) is 9.47. The Morgan fingerprint density at radius 2 is 1.41 bits per heavy atom. The third-order valence-corrected chi connectivity index (χ3v) is 6.30. The predicted octanol–water partition coefficient (Wildman–Crippen LogP) is 4.95. The van der Waals surface area contributed by atoms with Crippen LogP contribution in [-0.4, -0.2) is 91.0 Å². The molecule has 0 unspecified atom stereocenters. The van der Waals surface area contributed by atoms with Crippen molar-refractivity contribution in [3.8, 4) is 17.1 Å². The Bertz CT molecular complexity index is 1630. The van der Waals surface area contributed by atoms with E-state index in [0.717, 1.165) is 60.0 Å². The number of hydrogen-bond acceptors (Lipinski definition) is 7. The van der Waals surface area contributed by atoms with Crippen LogP contribution in [0.15, 0.2) is 61.1 Å². The summed E-state index contributed by atoms with van der Waals surface area (Å²) in [6, 6.07) is 12.2. The van der Waals surface area contributed by atoms with Crippen molar-refractivity contribution < 1.29 is 55.3 Å². The number of nitrogens with zero attached hydrogens (tertiary/aromatic N) is 6. The summed E-state index contributed by atoms with van der Waals surface area (Å²) in [5, 5.41) is 14.2. The van der Waals surface area contributed by atoms with Crippen LogP contribution in [0.4, 0.5) is 36.6 Å². The molecule has 0 aliphatic carbocycles. The minimum Gasteiger partial charge on any atom is -0.475 e. The smallest absolute Gasteiger partial charge is 0.475 e. The summed E-state index contributed by atoms with van der Waals surface area (Å²) in [6.45, 7) is 4.71. The summed E-state index contributed by atoms with van der Waals surface area (Å²) in [5.41, 5.74) is 3.31. The number of fused-ring (bicyclic) bond motifs is 1. The fourth-order valence-electron chi connectivity index (χ4n) is 4.14. The molecule has 1 fully saturated rings. The van der Waals surface area contributed by atoms with Gasteiger partial charge in [0.15, 0.2) is 0 Å². The predicted molar refractivity (Wildman–Crippen MR) is 149 cm³/mol. The minimum atomic E-state index is -5.08. The van der Waals surface area contributed by atoms with Crippen LogP contribution in [0.3, 0.4) is 0 Å². The molecule has 46 heavy (non-hydrogen) atoms. The molecular weight excluding hydrogens is 633 g/mol. The zero-order chi connectivity index (χ0) is 34.2. The Morgan fingerprint density at radius 1 is 0.804 bits per heavy atom. The second-order valence-corrected chi connectivity index (χ2v) is 9.47. The number of benzene rings is 1. The fourth-order valence-corrected chi connectivity index (χ4v) is 4.14. The topological polar surface area (TPSA) is 142 Å². The minimum absolute atomic E-state index is 0.115. The van der Waals surface area contributed by atoms with Gasteiger partial charge in [-0.25, -0.2) is 23.9 Å². The number of aliphatic carboxylic acids is 2. The maximum absolute atomic E-state index is 13.5. The Morgan fingerprint density at radius 3 is 1.93 bits per heavy atom. The quantitative estimate of drug-likeness (QED) is 0.293. The molecule has 246 valence electrons. The maximum Gasteiger partial charge on any atom is 0.490 e. The van der Waals surface area contributed by atoms with E-state index in [-0.39, 0.29) is 11.7 Å². The van der Waals surface area contributed by atoms with Gasteiger partial charge in [0.25, 0.3) is 0 Å². The summed E-state index contributed by atoms with van der Waals surface area (Å²) in [6.07, 6.45) is -3.97. The monoisotopic (exact) mass is 658 g/mol. The molecule has 1 aromatic carbocycles. The van der Waals surface area contributed by atoms with Crippen molar-refractivity contribution in [1.29, 1.82) is 0 Å². The van der Waals surface area contributed by atoms with Crippen LogP contribution in [0.25, 0.3) is 28.1 Å². The van der Waals surface area contributed by atoms with Crippen molar-refractivity contribution in [2.75, 3.05) is 31.1 Å². The van der Waals surface area contributed by atoms with Gasteiger partial charge in [0.1, 0.15) is 17.5 Å². The van der Waals surface area contributed by atoms with E-state index in [2.05, 4.69) is 9.88 Å². The first-order chi connectivity index (χ1) is 21.5. The third kappa shape index (κ3) is 9.35. The number of alkyl halides is 6. The molecular formula is C28H25F7N6O5. The molecule has 11 nitrogen and oxygen atoms in total. The van der Waals surface area contributed by atoms with E-state index in [1.54, 1.807) is 31.5 Å². The van der Waals surface area contributed by atoms with E-state index in [1.807, 2.05) is 33.9 Å². The number of carboxylic acids is 2. The van der Waals surface area contributed by atoms with E-state index in [1.165, 1.54) is 12.1 Å². The molecule has 0 atom stereocenters. The van der Waals surface area contributed by atoms with Gasteiger partial charge in [-0.2, -0.15) is 26.3 Å². The second kappa shape index (κ2) is 14.7. The van der Waals surface area contributed by atoms with Crippen molar-refractivity contribution in [2.24, 2.45) is 0 Å². The molecule has 1 saturated heterocycles. The molecule has 0 saturated carbocycles. The van der Waals surface area contributed by atoms with Gasteiger partial charge in [-0.05, 0) is 48.9 Å². The molecule has 4 heterocycles. The van der Waals surface area contributed by atoms with E-state index in [0.29, 0.717) is 6.54 Å². The molecule has 1 aliphatic rings. The van der Waals surface area contributed by atoms with Gasteiger partial charge in [0, 0.05) is 56.7 Å². The molecule has 18 heteroatoms. The Hall–Kier alpha value is -5.29. The molecule has 5 rings (SSSR count). The molecule has 1 amide bonds. The third-order valence-electron chi connectivity index (χ3n) is 6.30. The number of carbonyl (C=O) groups is 3. The van der Waals surface area contributed by atoms with Crippen LogP contribution in [0.2, 0.25) is 0 Å². The summed E-state index contributed by atoms with van der Waals surface area (Å²) in [4.78, 5) is 47.3. The average molecular weight is 659 g/mol. The number of hydrogen-bond donors (Lipinski definition) is 2. The number of imidazole rings is 1. The number of amides is 1. The largest absolute Gasteiger partial charge is 0.490 e. The SMILES string of the molecule is CC(=O)N1CCCN(c2ccc(-c3nc4ccncc4n3-c3ccc(F)cc3)cn2)CC1.O=C(O)C(F)(F)F.O=C(O)C(F)(F)F. The van der Waals surface area contributed by atoms with E-state index in [4.69, 9.17) is 29.8 Å². The highest BCUT2D eigenvalue weighted by molar-refractivity contribution is 5.82. The van der Waals surface area contributed by atoms with Crippen molar-refractivity contribution in [3.63, 3.8) is 0 Å². The number of pyridine rings is 2. The van der Waals surface area contributed by atoms with Crippen molar-refractivity contribution in [2.45, 2.75) is 25.7 Å². The Kier molecular flexibility index (Phi) is 11.2. The maximum atomic E-state index is 13.5. The van der Waals surface area contributed by atoms with Crippen LogP contribution >= 0.6 is 0 Å².